The van der Waals surface area contributed by atoms with Crippen LogP contribution in [0.5, 0.6) is 5.75 Å². The number of fused-ring (bicyclic) bond motifs is 5. The zero-order valence-corrected chi connectivity index (χ0v) is 18.4. The van der Waals surface area contributed by atoms with Gasteiger partial charge in [-0.1, -0.05) is 32.1 Å². The minimum absolute atomic E-state index is 0.144. The van der Waals surface area contributed by atoms with E-state index in [0.717, 1.165) is 24.0 Å². The Labute approximate surface area is 175 Å². The van der Waals surface area contributed by atoms with Crippen molar-refractivity contribution in [3.8, 4) is 5.75 Å². The Balaban J connectivity index is 1.44. The maximum Gasteiger partial charge on any atom is 0.246 e. The van der Waals surface area contributed by atoms with Gasteiger partial charge in [0, 0.05) is 18.5 Å². The molecule has 156 valence electrons. The van der Waals surface area contributed by atoms with E-state index in [9.17, 15) is 4.79 Å². The SMILES string of the molecule is COc1ccc(C2CC[C@H]3[C@@H]4CCC5N(C)C(=O)C=C[C@]5(C)[C@@H]4CC[C@]23C)cc1. The Kier molecular flexibility index (Phi) is 4.38. The maximum atomic E-state index is 12.3. The molecule has 1 aromatic rings. The predicted molar refractivity (Wildman–Crippen MR) is 116 cm³/mol. The summed E-state index contributed by atoms with van der Waals surface area (Å²) in [5.74, 6) is 4.11. The molecule has 3 fully saturated rings. The molecule has 1 amide bonds. The highest BCUT2D eigenvalue weighted by Gasteiger charge is 2.60. The summed E-state index contributed by atoms with van der Waals surface area (Å²) in [5.41, 5.74) is 2.04. The molecule has 2 unspecified atom stereocenters. The first-order valence-electron chi connectivity index (χ1n) is 11.5. The van der Waals surface area contributed by atoms with Gasteiger partial charge in [0.2, 0.25) is 5.91 Å². The second-order valence-corrected chi connectivity index (χ2v) is 10.6. The van der Waals surface area contributed by atoms with Crippen molar-refractivity contribution in [3.05, 3.63) is 42.0 Å². The lowest BCUT2D eigenvalue weighted by Crippen LogP contribution is -2.59. The van der Waals surface area contributed by atoms with Crippen molar-refractivity contribution in [1.29, 1.82) is 0 Å². The summed E-state index contributed by atoms with van der Waals surface area (Å²) >= 11 is 0. The zero-order chi connectivity index (χ0) is 20.4. The molecule has 0 saturated heterocycles. The van der Waals surface area contributed by atoms with Crippen LogP contribution < -0.4 is 4.74 Å². The summed E-state index contributed by atoms with van der Waals surface area (Å²) < 4.78 is 5.38. The molecule has 1 aromatic carbocycles. The molecular formula is C26H35NO2. The summed E-state index contributed by atoms with van der Waals surface area (Å²) in [4.78, 5) is 14.3. The summed E-state index contributed by atoms with van der Waals surface area (Å²) in [6.45, 7) is 5.02. The van der Waals surface area contributed by atoms with Crippen LogP contribution in [0.4, 0.5) is 0 Å². The largest absolute Gasteiger partial charge is 0.497 e. The minimum Gasteiger partial charge on any atom is -0.497 e. The van der Waals surface area contributed by atoms with Crippen LogP contribution >= 0.6 is 0 Å². The molecule has 0 radical (unpaired) electrons. The Morgan fingerprint density at radius 2 is 1.76 bits per heavy atom. The molecule has 1 aliphatic heterocycles. The van der Waals surface area contributed by atoms with E-state index in [1.54, 1.807) is 7.11 Å². The predicted octanol–water partition coefficient (Wildman–Crippen LogP) is 5.42. The van der Waals surface area contributed by atoms with E-state index in [1.165, 1.54) is 37.7 Å². The Bertz CT molecular complexity index is 830. The van der Waals surface area contributed by atoms with Gasteiger partial charge in [0.1, 0.15) is 5.75 Å². The first-order valence-corrected chi connectivity index (χ1v) is 11.5. The molecule has 3 saturated carbocycles. The van der Waals surface area contributed by atoms with Crippen LogP contribution in [-0.2, 0) is 4.79 Å². The lowest BCUT2D eigenvalue weighted by atomic mass is 9.47. The number of nitrogens with zero attached hydrogens (tertiary/aromatic N) is 1. The molecule has 7 atom stereocenters. The van der Waals surface area contributed by atoms with Gasteiger partial charge in [0.15, 0.2) is 0 Å². The number of benzene rings is 1. The van der Waals surface area contributed by atoms with Gasteiger partial charge >= 0.3 is 0 Å². The number of rotatable bonds is 2. The van der Waals surface area contributed by atoms with E-state index in [2.05, 4.69) is 44.2 Å². The normalized spacial score (nSPS) is 43.5. The Morgan fingerprint density at radius 1 is 1.00 bits per heavy atom. The second-order valence-electron chi connectivity index (χ2n) is 10.6. The average Bonchev–Trinajstić information content (AvgIpc) is 3.08. The number of carbonyl (C=O) groups excluding carboxylic acids is 1. The summed E-state index contributed by atoms with van der Waals surface area (Å²) in [6, 6.07) is 9.23. The van der Waals surface area contributed by atoms with Gasteiger partial charge < -0.3 is 9.64 Å². The maximum absolute atomic E-state index is 12.3. The van der Waals surface area contributed by atoms with Crippen LogP contribution in [0.15, 0.2) is 36.4 Å². The number of hydrogen-bond donors (Lipinski definition) is 0. The molecule has 0 spiro atoms. The molecule has 0 aromatic heterocycles. The number of methoxy groups -OCH3 is 1. The molecule has 3 aliphatic carbocycles. The fraction of sp³-hybridized carbons (Fsp3) is 0.654. The van der Waals surface area contributed by atoms with Crippen molar-refractivity contribution in [2.45, 2.75) is 64.3 Å². The van der Waals surface area contributed by atoms with Crippen LogP contribution in [0.2, 0.25) is 0 Å². The van der Waals surface area contributed by atoms with Crippen molar-refractivity contribution in [2.24, 2.45) is 28.6 Å². The molecule has 0 bridgehead atoms. The number of ether oxygens (including phenoxy) is 1. The van der Waals surface area contributed by atoms with E-state index < -0.39 is 0 Å². The number of hydrogen-bond acceptors (Lipinski definition) is 2. The summed E-state index contributed by atoms with van der Waals surface area (Å²) in [7, 11) is 3.75. The second kappa shape index (κ2) is 6.62. The minimum atomic E-state index is 0.144. The highest BCUT2D eigenvalue weighted by atomic mass is 16.5. The van der Waals surface area contributed by atoms with Gasteiger partial charge in [-0.3, -0.25) is 4.79 Å². The number of carbonyl (C=O) groups is 1. The van der Waals surface area contributed by atoms with Crippen LogP contribution in [0, 0.1) is 28.6 Å². The van der Waals surface area contributed by atoms with Crippen molar-refractivity contribution in [2.75, 3.05) is 14.2 Å². The molecule has 3 nitrogen and oxygen atoms in total. The standard InChI is InChI=1S/C26H35NO2/c1-25-15-13-22-19(9-12-23-26(22,2)16-14-24(28)27(23)3)21(25)11-10-20(25)17-5-7-18(29-4)8-6-17/h5-8,14,16,19-23H,9-13,15H2,1-4H3/t19-,20?,21-,22+,23?,25+,26+/m0/s1. The molecule has 4 aliphatic rings. The van der Waals surface area contributed by atoms with Crippen LogP contribution in [0.25, 0.3) is 0 Å². The van der Waals surface area contributed by atoms with E-state index in [1.807, 2.05) is 18.0 Å². The Morgan fingerprint density at radius 3 is 2.48 bits per heavy atom. The van der Waals surface area contributed by atoms with E-state index in [4.69, 9.17) is 4.74 Å². The lowest BCUT2D eigenvalue weighted by molar-refractivity contribution is -0.138. The quantitative estimate of drug-likeness (QED) is 0.671. The van der Waals surface area contributed by atoms with Crippen molar-refractivity contribution in [3.63, 3.8) is 0 Å². The molecule has 3 heteroatoms. The van der Waals surface area contributed by atoms with Gasteiger partial charge in [0.05, 0.1) is 7.11 Å². The van der Waals surface area contributed by atoms with Crippen LogP contribution in [0.1, 0.15) is 63.9 Å². The fourth-order valence-corrected chi connectivity index (χ4v) is 8.12. The molecular weight excluding hydrogens is 358 g/mol. The molecule has 5 rings (SSSR count). The van der Waals surface area contributed by atoms with Crippen molar-refractivity contribution in [1.82, 2.24) is 4.90 Å². The van der Waals surface area contributed by atoms with Crippen molar-refractivity contribution < 1.29 is 9.53 Å². The number of amides is 1. The number of likely N-dealkylation sites (N-methyl/N-ethyl adjacent to an activating group) is 1. The molecule has 1 heterocycles. The van der Waals surface area contributed by atoms with Gasteiger partial charge in [-0.05, 0) is 91.4 Å². The van der Waals surface area contributed by atoms with Gasteiger partial charge in [-0.2, -0.15) is 0 Å². The lowest BCUT2D eigenvalue weighted by Gasteiger charge is -2.60. The zero-order valence-electron chi connectivity index (χ0n) is 18.4. The topological polar surface area (TPSA) is 29.5 Å². The van der Waals surface area contributed by atoms with E-state index in [-0.39, 0.29) is 11.3 Å². The van der Waals surface area contributed by atoms with Gasteiger partial charge in [0.25, 0.3) is 0 Å². The molecule has 29 heavy (non-hydrogen) atoms. The van der Waals surface area contributed by atoms with Crippen LogP contribution in [-0.4, -0.2) is 31.0 Å². The van der Waals surface area contributed by atoms with E-state index in [0.29, 0.717) is 23.3 Å². The fourth-order valence-electron chi connectivity index (χ4n) is 8.12. The summed E-state index contributed by atoms with van der Waals surface area (Å²) in [6.07, 6.45) is 11.8. The summed E-state index contributed by atoms with van der Waals surface area (Å²) in [5, 5.41) is 0. The highest BCUT2D eigenvalue weighted by molar-refractivity contribution is 5.89. The third-order valence-corrected chi connectivity index (χ3v) is 9.65. The molecule has 0 N–H and O–H groups in total. The third-order valence-electron chi connectivity index (χ3n) is 9.65. The first kappa shape index (κ1) is 19.2. The van der Waals surface area contributed by atoms with Gasteiger partial charge in [-0.15, -0.1) is 0 Å². The monoisotopic (exact) mass is 393 g/mol. The third kappa shape index (κ3) is 2.65. The highest BCUT2D eigenvalue weighted by Crippen LogP contribution is 2.67. The van der Waals surface area contributed by atoms with Crippen LogP contribution in [0.3, 0.4) is 0 Å². The smallest absolute Gasteiger partial charge is 0.246 e. The first-order chi connectivity index (χ1) is 13.9. The Hall–Kier alpha value is -1.77. The van der Waals surface area contributed by atoms with Gasteiger partial charge in [-0.25, -0.2) is 0 Å². The average molecular weight is 394 g/mol. The van der Waals surface area contributed by atoms with Crippen molar-refractivity contribution >= 4 is 5.91 Å². The van der Waals surface area contributed by atoms with E-state index >= 15 is 0 Å².